The number of rotatable bonds is 11. The Morgan fingerprint density at radius 3 is 2.12 bits per heavy atom. The van der Waals surface area contributed by atoms with E-state index in [1.165, 1.54) is 4.68 Å². The van der Waals surface area contributed by atoms with Crippen molar-refractivity contribution in [2.24, 2.45) is 11.8 Å². The zero-order chi connectivity index (χ0) is 39.9. The maximum absolute atomic E-state index is 13.8. The van der Waals surface area contributed by atoms with E-state index in [0.29, 0.717) is 91.9 Å². The highest BCUT2D eigenvalue weighted by atomic mass is 16.5. The molecule has 6 fully saturated rings. The molecular formula is C43H48N11O5+. The molecule has 2 amide bonds. The van der Waals surface area contributed by atoms with Gasteiger partial charge in [-0.05, 0) is 62.5 Å². The number of carbonyl (C=O) groups excluding carboxylic acids is 2. The van der Waals surface area contributed by atoms with Crippen LogP contribution in [-0.2, 0) is 27.4 Å². The summed E-state index contributed by atoms with van der Waals surface area (Å²) in [6.07, 6.45) is 14.2. The van der Waals surface area contributed by atoms with E-state index in [2.05, 4.69) is 45.9 Å². The van der Waals surface area contributed by atoms with Crippen molar-refractivity contribution in [2.75, 3.05) is 59.5 Å². The van der Waals surface area contributed by atoms with Gasteiger partial charge in [0.25, 0.3) is 11.6 Å². The second-order valence-corrected chi connectivity index (χ2v) is 16.5. The molecule has 0 aromatic carbocycles. The molecule has 59 heavy (non-hydrogen) atoms. The van der Waals surface area contributed by atoms with Gasteiger partial charge in [-0.1, -0.05) is 28.9 Å². The zero-order valence-corrected chi connectivity index (χ0v) is 33.3. The van der Waals surface area contributed by atoms with Crippen molar-refractivity contribution < 1.29 is 28.5 Å². The van der Waals surface area contributed by atoms with E-state index in [0.717, 1.165) is 62.7 Å². The fourth-order valence-electron chi connectivity index (χ4n) is 7.19. The van der Waals surface area contributed by atoms with Gasteiger partial charge in [0.05, 0.1) is 30.6 Å². The lowest BCUT2D eigenvalue weighted by Gasteiger charge is -2.31. The number of morpholine rings is 1. The Morgan fingerprint density at radius 1 is 0.814 bits per heavy atom. The first-order valence-corrected chi connectivity index (χ1v) is 21.0. The Hall–Kier alpha value is -5.84. The SMILES string of the molecule is CN1CCN(C(=O)C[n+]2cc(-c3ncc(C#CC4CC4)cc3OC3CC3)nn2C2CC2Oc2cc(C#CC3CC3)cnc2-c2cn(CC(=O)N3CCOCC3)nn2)CC1. The molecule has 6 aliphatic rings. The second-order valence-electron chi connectivity index (χ2n) is 16.5. The molecule has 0 spiro atoms. The molecule has 2 saturated heterocycles. The van der Waals surface area contributed by atoms with Gasteiger partial charge in [-0.2, -0.15) is 0 Å². The van der Waals surface area contributed by atoms with Crippen molar-refractivity contribution in [1.82, 2.24) is 49.6 Å². The zero-order valence-electron chi connectivity index (χ0n) is 33.3. The number of aromatic nitrogens is 8. The van der Waals surface area contributed by atoms with Crippen LogP contribution in [0.5, 0.6) is 11.5 Å². The summed E-state index contributed by atoms with van der Waals surface area (Å²) in [7, 11) is 2.08. The number of likely N-dealkylation sites (N-methyl/N-ethyl adjacent to an activating group) is 1. The number of hydrogen-bond acceptors (Lipinski definition) is 11. The van der Waals surface area contributed by atoms with Crippen LogP contribution in [0, 0.1) is 35.5 Å². The fraction of sp³-hybridized carbons (Fsp3) is 0.535. The van der Waals surface area contributed by atoms with Crippen molar-refractivity contribution >= 4 is 11.8 Å². The first-order valence-electron chi connectivity index (χ1n) is 21.0. The third-order valence-corrected chi connectivity index (χ3v) is 11.4. The molecule has 16 heteroatoms. The quantitative estimate of drug-likeness (QED) is 0.162. The average Bonchev–Trinajstić information content (AvgIpc) is 4.05. The third-order valence-electron chi connectivity index (χ3n) is 11.4. The normalized spacial score (nSPS) is 21.6. The van der Waals surface area contributed by atoms with Gasteiger partial charge in [0.15, 0.2) is 30.2 Å². The lowest BCUT2D eigenvalue weighted by molar-refractivity contribution is -0.770. The maximum atomic E-state index is 13.8. The predicted octanol–water partition coefficient (Wildman–Crippen LogP) is 1.98. The molecule has 4 aliphatic carbocycles. The number of nitrogens with zero attached hydrogens (tertiary/aromatic N) is 11. The Morgan fingerprint density at radius 2 is 1.46 bits per heavy atom. The lowest BCUT2D eigenvalue weighted by atomic mass is 10.2. The van der Waals surface area contributed by atoms with E-state index in [9.17, 15) is 9.59 Å². The molecule has 2 atom stereocenters. The number of pyridine rings is 2. The van der Waals surface area contributed by atoms with Gasteiger partial charge in [0, 0.05) is 81.0 Å². The highest BCUT2D eigenvalue weighted by Crippen LogP contribution is 2.42. The van der Waals surface area contributed by atoms with Crippen LogP contribution in [0.15, 0.2) is 36.9 Å². The number of amides is 2. The van der Waals surface area contributed by atoms with Crippen LogP contribution in [-0.4, -0.2) is 133 Å². The standard InChI is InChI=1S/C43H48N11O5/c1-49-12-14-50(15-13-49)41(56)28-53-26-35(43-38(58-33-10-11-33)20-31(24-45-43)8-6-29-2-3-29)47-54(53)36-22-37(36)59-39-21-32(9-7-30-4-5-30)23-44-42(39)34-25-52(48-46-34)27-40(55)51-16-18-57-19-17-51/h20-21,23-26,29-30,33,36-37H,2-5,10-19,22,27-28H2,1H3/q+1. The molecule has 4 aromatic rings. The minimum Gasteiger partial charge on any atom is -0.488 e. The maximum Gasteiger partial charge on any atom is 0.270 e. The highest BCUT2D eigenvalue weighted by molar-refractivity contribution is 5.76. The summed E-state index contributed by atoms with van der Waals surface area (Å²) in [5, 5.41) is 13.8. The number of piperazine rings is 1. The van der Waals surface area contributed by atoms with Crippen molar-refractivity contribution in [3.63, 3.8) is 0 Å². The van der Waals surface area contributed by atoms with E-state index < -0.39 is 0 Å². The van der Waals surface area contributed by atoms with Crippen molar-refractivity contribution in [2.45, 2.75) is 76.3 Å². The van der Waals surface area contributed by atoms with E-state index in [4.69, 9.17) is 29.3 Å². The smallest absolute Gasteiger partial charge is 0.270 e. The molecule has 6 heterocycles. The largest absolute Gasteiger partial charge is 0.488 e. The summed E-state index contributed by atoms with van der Waals surface area (Å²) in [5.74, 6) is 15.3. The van der Waals surface area contributed by atoms with Gasteiger partial charge in [0.2, 0.25) is 5.91 Å². The van der Waals surface area contributed by atoms with Gasteiger partial charge in [-0.3, -0.25) is 9.59 Å². The summed E-state index contributed by atoms with van der Waals surface area (Å²) < 4.78 is 22.0. The van der Waals surface area contributed by atoms with Crippen molar-refractivity contribution in [3.8, 4) is 58.0 Å². The Kier molecular flexibility index (Phi) is 10.2. The van der Waals surface area contributed by atoms with Gasteiger partial charge < -0.3 is 28.9 Å². The molecule has 10 rings (SSSR count). The molecule has 4 aromatic heterocycles. The van der Waals surface area contributed by atoms with Crippen LogP contribution in [0.4, 0.5) is 0 Å². The number of carbonyl (C=O) groups is 2. The topological polar surface area (TPSA) is 150 Å². The molecule has 0 radical (unpaired) electrons. The first kappa shape index (κ1) is 37.4. The monoisotopic (exact) mass is 798 g/mol. The predicted molar refractivity (Wildman–Crippen MR) is 211 cm³/mol. The summed E-state index contributed by atoms with van der Waals surface area (Å²) in [6.45, 7) is 5.37. The summed E-state index contributed by atoms with van der Waals surface area (Å²) >= 11 is 0. The van der Waals surface area contributed by atoms with Crippen LogP contribution in [0.2, 0.25) is 0 Å². The van der Waals surface area contributed by atoms with Crippen molar-refractivity contribution in [3.05, 3.63) is 48.0 Å². The summed E-state index contributed by atoms with van der Waals surface area (Å²) in [4.78, 5) is 44.2. The minimum atomic E-state index is -0.284. The molecule has 0 bridgehead atoms. The molecule has 2 unspecified atom stereocenters. The van der Waals surface area contributed by atoms with Crippen LogP contribution in [0.1, 0.15) is 62.1 Å². The summed E-state index contributed by atoms with van der Waals surface area (Å²) in [6, 6.07) is 3.69. The van der Waals surface area contributed by atoms with Crippen molar-refractivity contribution in [1.29, 1.82) is 0 Å². The molecule has 304 valence electrons. The molecule has 0 N–H and O–H groups in total. The van der Waals surface area contributed by atoms with Gasteiger partial charge >= 0.3 is 0 Å². The minimum absolute atomic E-state index is 0.0330. The first-order chi connectivity index (χ1) is 28.9. The highest BCUT2D eigenvalue weighted by Gasteiger charge is 2.49. The fourth-order valence-corrected chi connectivity index (χ4v) is 7.19. The van der Waals surface area contributed by atoms with Crippen LogP contribution >= 0.6 is 0 Å². The van der Waals surface area contributed by atoms with Gasteiger partial charge in [-0.25, -0.2) is 14.6 Å². The Bertz CT molecular complexity index is 2360. The molecule has 4 saturated carbocycles. The van der Waals surface area contributed by atoms with Crippen LogP contribution in [0.3, 0.4) is 0 Å². The average molecular weight is 799 g/mol. The number of hydrogen-bond donors (Lipinski definition) is 0. The lowest BCUT2D eigenvalue weighted by Crippen LogP contribution is -2.54. The van der Waals surface area contributed by atoms with E-state index >= 15 is 0 Å². The van der Waals surface area contributed by atoms with Crippen LogP contribution in [0.25, 0.3) is 22.8 Å². The van der Waals surface area contributed by atoms with Gasteiger partial charge in [0.1, 0.15) is 29.8 Å². The molecule has 16 nitrogen and oxygen atoms in total. The Balaban J connectivity index is 0.934. The number of ether oxygens (including phenoxy) is 3. The Labute approximate surface area is 342 Å². The summed E-state index contributed by atoms with van der Waals surface area (Å²) in [5.41, 5.74) is 3.80. The third kappa shape index (κ3) is 9.09. The van der Waals surface area contributed by atoms with E-state index in [1.807, 2.05) is 32.7 Å². The molecular weight excluding hydrogens is 751 g/mol. The second kappa shape index (κ2) is 16.1. The van der Waals surface area contributed by atoms with Gasteiger partial charge in [-0.15, -0.1) is 9.78 Å². The van der Waals surface area contributed by atoms with E-state index in [1.54, 1.807) is 23.5 Å². The van der Waals surface area contributed by atoms with Crippen LogP contribution < -0.4 is 14.2 Å². The molecule has 2 aliphatic heterocycles. The van der Waals surface area contributed by atoms with E-state index in [-0.39, 0.29) is 43.2 Å².